The Balaban J connectivity index is 1.39. The Kier molecular flexibility index (Phi) is 5.96. The smallest absolute Gasteiger partial charge is 0.416 e. The first kappa shape index (κ1) is 23.0. The van der Waals surface area contributed by atoms with Crippen LogP contribution in [0.5, 0.6) is 5.75 Å². The predicted molar refractivity (Wildman–Crippen MR) is 128 cm³/mol. The van der Waals surface area contributed by atoms with Crippen molar-refractivity contribution >= 4 is 22.6 Å². The van der Waals surface area contributed by atoms with E-state index in [2.05, 4.69) is 4.57 Å². The van der Waals surface area contributed by atoms with Crippen molar-refractivity contribution in [2.45, 2.75) is 32.0 Å². The van der Waals surface area contributed by atoms with Crippen molar-refractivity contribution in [2.75, 3.05) is 18.1 Å². The molecule has 5 rings (SSSR count). The molecule has 0 spiro atoms. The maximum absolute atomic E-state index is 13.2. The molecule has 2 heterocycles. The van der Waals surface area contributed by atoms with Gasteiger partial charge >= 0.3 is 6.18 Å². The van der Waals surface area contributed by atoms with Crippen molar-refractivity contribution < 1.29 is 22.7 Å². The van der Waals surface area contributed by atoms with Gasteiger partial charge in [-0.05, 0) is 49.4 Å². The molecule has 1 amide bonds. The van der Waals surface area contributed by atoms with Crippen molar-refractivity contribution in [3.8, 4) is 5.75 Å². The number of halogens is 3. The Hall–Kier alpha value is -3.81. The number of imidazole rings is 1. The van der Waals surface area contributed by atoms with Crippen LogP contribution >= 0.6 is 0 Å². The zero-order chi connectivity index (χ0) is 24.6. The van der Waals surface area contributed by atoms with Crippen molar-refractivity contribution in [2.24, 2.45) is 0 Å². The Labute approximate surface area is 200 Å². The molecule has 0 aliphatic carbocycles. The van der Waals surface area contributed by atoms with Gasteiger partial charge in [-0.15, -0.1) is 0 Å². The number of fused-ring (bicyclic) bond motifs is 1. The fourth-order valence-electron chi connectivity index (χ4n) is 4.51. The van der Waals surface area contributed by atoms with E-state index in [1.54, 1.807) is 0 Å². The number of benzene rings is 3. The molecular weight excluding hydrogens is 455 g/mol. The minimum atomic E-state index is -4.47. The minimum Gasteiger partial charge on any atom is -0.492 e. The third kappa shape index (κ3) is 4.73. The van der Waals surface area contributed by atoms with Crippen molar-refractivity contribution in [1.82, 2.24) is 9.55 Å². The average Bonchev–Trinajstić information content (AvgIpc) is 3.40. The molecule has 0 bridgehead atoms. The summed E-state index contributed by atoms with van der Waals surface area (Å²) < 4.78 is 47.6. The van der Waals surface area contributed by atoms with Crippen molar-refractivity contribution in [3.05, 3.63) is 89.7 Å². The molecule has 0 saturated carbocycles. The van der Waals surface area contributed by atoms with Crippen LogP contribution in [0.2, 0.25) is 0 Å². The molecule has 1 aliphatic rings. The zero-order valence-electron chi connectivity index (χ0n) is 19.1. The van der Waals surface area contributed by atoms with Gasteiger partial charge in [0, 0.05) is 24.6 Å². The number of amides is 1. The highest BCUT2D eigenvalue weighted by molar-refractivity contribution is 5.96. The zero-order valence-corrected chi connectivity index (χ0v) is 19.1. The average molecular weight is 480 g/mol. The van der Waals surface area contributed by atoms with Crippen molar-refractivity contribution in [1.29, 1.82) is 0 Å². The predicted octanol–water partition coefficient (Wildman–Crippen LogP) is 5.96. The van der Waals surface area contributed by atoms with Gasteiger partial charge < -0.3 is 14.2 Å². The second kappa shape index (κ2) is 9.09. The van der Waals surface area contributed by atoms with E-state index in [4.69, 9.17) is 9.72 Å². The number of rotatable bonds is 6. The molecule has 0 radical (unpaired) electrons. The van der Waals surface area contributed by atoms with Gasteiger partial charge in [0.05, 0.1) is 23.1 Å². The first-order chi connectivity index (χ1) is 16.8. The number of ether oxygens (including phenoxy) is 1. The van der Waals surface area contributed by atoms with Gasteiger partial charge in [-0.2, -0.15) is 13.2 Å². The molecule has 1 atom stereocenters. The number of hydrogen-bond donors (Lipinski definition) is 0. The topological polar surface area (TPSA) is 47.4 Å². The van der Waals surface area contributed by atoms with Gasteiger partial charge in [0.2, 0.25) is 5.91 Å². The number of anilines is 1. The van der Waals surface area contributed by atoms with Gasteiger partial charge in [0.15, 0.2) is 0 Å². The molecule has 3 aromatic carbocycles. The molecule has 35 heavy (non-hydrogen) atoms. The van der Waals surface area contributed by atoms with Crippen LogP contribution in [0.25, 0.3) is 11.0 Å². The van der Waals surface area contributed by atoms with Crippen LogP contribution in [-0.4, -0.2) is 28.6 Å². The highest BCUT2D eigenvalue weighted by Gasteiger charge is 2.36. The first-order valence-corrected chi connectivity index (χ1v) is 11.4. The maximum atomic E-state index is 13.2. The standard InChI is InChI=1S/C27H24F3N3O2/c1-18-9-11-22(12-10-18)35-14-13-32-24-8-3-2-7-23(24)31-26(32)19-15-25(34)33(17-19)21-6-4-5-20(16-21)27(28,29)30/h2-12,16,19H,13-15,17H2,1H3. The van der Waals surface area contributed by atoms with Crippen LogP contribution in [0.1, 0.15) is 29.3 Å². The number of carbonyl (C=O) groups is 1. The van der Waals surface area contributed by atoms with Crippen LogP contribution in [0.15, 0.2) is 72.8 Å². The molecule has 4 aromatic rings. The molecule has 1 fully saturated rings. The normalized spacial score (nSPS) is 16.3. The molecule has 180 valence electrons. The number of alkyl halides is 3. The lowest BCUT2D eigenvalue weighted by Gasteiger charge is -2.19. The van der Waals surface area contributed by atoms with E-state index in [1.165, 1.54) is 17.0 Å². The van der Waals surface area contributed by atoms with Crippen LogP contribution in [0, 0.1) is 6.92 Å². The van der Waals surface area contributed by atoms with E-state index >= 15 is 0 Å². The Morgan fingerprint density at radius 1 is 1.03 bits per heavy atom. The molecular formula is C27H24F3N3O2. The first-order valence-electron chi connectivity index (χ1n) is 11.4. The van der Waals surface area contributed by atoms with E-state index < -0.39 is 11.7 Å². The summed E-state index contributed by atoms with van der Waals surface area (Å²) in [5.41, 5.74) is 2.36. The molecule has 0 N–H and O–H groups in total. The van der Waals surface area contributed by atoms with Gasteiger partial charge in [-0.25, -0.2) is 4.98 Å². The number of hydrogen-bond acceptors (Lipinski definition) is 3. The SMILES string of the molecule is Cc1ccc(OCCn2c(C3CC(=O)N(c4cccc(C(F)(F)F)c4)C3)nc3ccccc32)cc1. The molecule has 1 unspecified atom stereocenters. The number of carbonyl (C=O) groups excluding carboxylic acids is 1. The van der Waals surface area contributed by atoms with Gasteiger partial charge in [0.1, 0.15) is 18.2 Å². The molecule has 1 saturated heterocycles. The number of aryl methyl sites for hydroxylation is 1. The van der Waals surface area contributed by atoms with Gasteiger partial charge in [-0.3, -0.25) is 4.79 Å². The van der Waals surface area contributed by atoms with Crippen LogP contribution in [0.3, 0.4) is 0 Å². The van der Waals surface area contributed by atoms with E-state index in [-0.39, 0.29) is 30.5 Å². The lowest BCUT2D eigenvalue weighted by Crippen LogP contribution is -2.25. The second-order valence-corrected chi connectivity index (χ2v) is 8.73. The van der Waals surface area contributed by atoms with Gasteiger partial charge in [-0.1, -0.05) is 35.9 Å². The fraction of sp³-hybridized carbons (Fsp3) is 0.259. The maximum Gasteiger partial charge on any atom is 0.416 e. The number of nitrogens with zero attached hydrogens (tertiary/aromatic N) is 3. The summed E-state index contributed by atoms with van der Waals surface area (Å²) in [5.74, 6) is 1.04. The molecule has 1 aliphatic heterocycles. The quantitative estimate of drug-likeness (QED) is 0.343. The van der Waals surface area contributed by atoms with E-state index in [0.717, 1.165) is 40.3 Å². The summed E-state index contributed by atoms with van der Waals surface area (Å²) in [6, 6.07) is 20.4. The van der Waals surface area contributed by atoms with Crippen LogP contribution < -0.4 is 9.64 Å². The van der Waals surface area contributed by atoms with Crippen molar-refractivity contribution in [3.63, 3.8) is 0 Å². The monoisotopic (exact) mass is 479 g/mol. The summed E-state index contributed by atoms with van der Waals surface area (Å²) in [6.07, 6.45) is -4.29. The lowest BCUT2D eigenvalue weighted by atomic mass is 10.1. The highest BCUT2D eigenvalue weighted by atomic mass is 19.4. The minimum absolute atomic E-state index is 0.179. The summed E-state index contributed by atoms with van der Waals surface area (Å²) in [6.45, 7) is 3.22. The molecule has 8 heteroatoms. The highest BCUT2D eigenvalue weighted by Crippen LogP contribution is 2.36. The summed E-state index contributed by atoms with van der Waals surface area (Å²) in [4.78, 5) is 19.1. The number of para-hydroxylation sites is 2. The van der Waals surface area contributed by atoms with E-state index in [1.807, 2.05) is 55.5 Å². The fourth-order valence-corrected chi connectivity index (χ4v) is 4.51. The Bertz CT molecular complexity index is 1360. The molecule has 1 aromatic heterocycles. The molecule has 5 nitrogen and oxygen atoms in total. The van der Waals surface area contributed by atoms with Crippen LogP contribution in [-0.2, 0) is 17.5 Å². The summed E-state index contributed by atoms with van der Waals surface area (Å²) in [5, 5.41) is 0. The van der Waals surface area contributed by atoms with E-state index in [0.29, 0.717) is 13.2 Å². The third-order valence-corrected chi connectivity index (χ3v) is 6.26. The largest absolute Gasteiger partial charge is 0.492 e. The Morgan fingerprint density at radius 2 is 1.80 bits per heavy atom. The third-order valence-electron chi connectivity index (χ3n) is 6.26. The summed E-state index contributed by atoms with van der Waals surface area (Å²) >= 11 is 0. The second-order valence-electron chi connectivity index (χ2n) is 8.73. The van der Waals surface area contributed by atoms with Crippen LogP contribution in [0.4, 0.5) is 18.9 Å². The van der Waals surface area contributed by atoms with Gasteiger partial charge in [0.25, 0.3) is 0 Å². The Morgan fingerprint density at radius 3 is 2.57 bits per heavy atom. The summed E-state index contributed by atoms with van der Waals surface area (Å²) in [7, 11) is 0. The lowest BCUT2D eigenvalue weighted by molar-refractivity contribution is -0.137. The number of aromatic nitrogens is 2. The van der Waals surface area contributed by atoms with E-state index in [9.17, 15) is 18.0 Å².